The van der Waals surface area contributed by atoms with E-state index in [4.69, 9.17) is 20.4 Å². The minimum absolute atomic E-state index is 0.149. The predicted molar refractivity (Wildman–Crippen MR) is 128 cm³/mol. The van der Waals surface area contributed by atoms with Gasteiger partial charge >= 0.3 is 6.03 Å². The predicted octanol–water partition coefficient (Wildman–Crippen LogP) is 0.709. The average molecular weight is 472 g/mol. The Morgan fingerprint density at radius 2 is 1.91 bits per heavy atom. The van der Waals surface area contributed by atoms with Crippen LogP contribution in [0, 0.1) is 0 Å². The number of hydrogen-bond donors (Lipinski definition) is 4. The van der Waals surface area contributed by atoms with Crippen LogP contribution in [-0.2, 0) is 4.74 Å². The Labute approximate surface area is 198 Å². The van der Waals surface area contributed by atoms with E-state index in [0.717, 1.165) is 0 Å². The maximum Gasteiger partial charge on any atom is 0.317 e. The summed E-state index contributed by atoms with van der Waals surface area (Å²) in [6.45, 7) is 9.08. The van der Waals surface area contributed by atoms with E-state index in [1.807, 2.05) is 20.8 Å². The molecular formula is C22H33N9O3. The van der Waals surface area contributed by atoms with Gasteiger partial charge in [0.2, 0.25) is 11.9 Å². The number of ether oxygens (including phenoxy) is 1. The Morgan fingerprint density at radius 1 is 1.21 bits per heavy atom. The molecule has 34 heavy (non-hydrogen) atoms. The number of aromatic nitrogens is 4. The van der Waals surface area contributed by atoms with Gasteiger partial charge in [-0.05, 0) is 27.2 Å². The number of hydrogen-bond acceptors (Lipinski definition) is 10. The average Bonchev–Trinajstić information content (AvgIpc) is 3.23. The van der Waals surface area contributed by atoms with Crippen LogP contribution in [0.1, 0.15) is 27.2 Å². The zero-order valence-corrected chi connectivity index (χ0v) is 19.9. The summed E-state index contributed by atoms with van der Waals surface area (Å²) in [6.07, 6.45) is 3.82. The highest BCUT2D eigenvalue weighted by atomic mass is 16.5. The van der Waals surface area contributed by atoms with E-state index in [1.54, 1.807) is 23.4 Å². The topological polar surface area (TPSA) is 155 Å². The smallest absolute Gasteiger partial charge is 0.317 e. The summed E-state index contributed by atoms with van der Waals surface area (Å²) in [5.74, 6) is 1.28. The van der Waals surface area contributed by atoms with Crippen molar-refractivity contribution in [1.82, 2.24) is 30.2 Å². The number of amides is 2. The van der Waals surface area contributed by atoms with E-state index in [1.165, 1.54) is 0 Å². The Balaban J connectivity index is 1.61. The zero-order chi connectivity index (χ0) is 24.3. The minimum Gasteiger partial charge on any atom is -0.394 e. The van der Waals surface area contributed by atoms with E-state index in [2.05, 4.69) is 25.5 Å². The fraction of sp³-hybridized carbons (Fsp3) is 0.591. The van der Waals surface area contributed by atoms with Crippen molar-refractivity contribution in [3.63, 3.8) is 0 Å². The van der Waals surface area contributed by atoms with Gasteiger partial charge in [0.15, 0.2) is 0 Å². The number of carbonyl (C=O) groups is 1. The van der Waals surface area contributed by atoms with Crippen molar-refractivity contribution >= 4 is 23.7 Å². The molecule has 12 heteroatoms. The molecule has 0 aromatic carbocycles. The van der Waals surface area contributed by atoms with Gasteiger partial charge in [0.05, 0.1) is 31.1 Å². The van der Waals surface area contributed by atoms with Crippen LogP contribution in [0.3, 0.4) is 0 Å². The van der Waals surface area contributed by atoms with Gasteiger partial charge in [-0.3, -0.25) is 0 Å². The van der Waals surface area contributed by atoms with Crippen LogP contribution in [0.5, 0.6) is 0 Å². The van der Waals surface area contributed by atoms with E-state index in [9.17, 15) is 9.90 Å². The molecule has 2 amide bonds. The molecule has 4 rings (SSSR count). The summed E-state index contributed by atoms with van der Waals surface area (Å²) < 4.78 is 5.47. The van der Waals surface area contributed by atoms with E-state index in [-0.39, 0.29) is 24.1 Å². The second-order valence-electron chi connectivity index (χ2n) is 9.78. The third-order valence-electron chi connectivity index (χ3n) is 5.79. The van der Waals surface area contributed by atoms with Gasteiger partial charge in [-0.15, -0.1) is 0 Å². The Morgan fingerprint density at radius 3 is 2.56 bits per heavy atom. The Hall–Kier alpha value is -3.25. The van der Waals surface area contributed by atoms with Crippen LogP contribution in [0.2, 0.25) is 0 Å². The van der Waals surface area contributed by atoms with Gasteiger partial charge in [-0.25, -0.2) is 19.7 Å². The first-order valence-electron chi connectivity index (χ1n) is 11.4. The van der Waals surface area contributed by atoms with Gasteiger partial charge in [0.25, 0.3) is 0 Å². The van der Waals surface area contributed by atoms with Crippen molar-refractivity contribution < 1.29 is 14.6 Å². The summed E-state index contributed by atoms with van der Waals surface area (Å²) in [4.78, 5) is 34.1. The standard InChI is InChI=1S/C22H33N9O3/c1-21(2,3)29-20(33)31-5-4-22(13-31,14-32)28-17-10-16(15-11-24-18(23)25-12-15)26-19(27-17)30-6-8-34-9-7-30/h10-12,32H,4-9,13-14H2,1-3H3,(H,29,33)(H2,23,24,25)(H,26,27,28)/t22-/m0/s1. The third-order valence-corrected chi connectivity index (χ3v) is 5.79. The summed E-state index contributed by atoms with van der Waals surface area (Å²) in [6, 6.07) is 1.65. The van der Waals surface area contributed by atoms with Crippen molar-refractivity contribution in [3.8, 4) is 11.3 Å². The van der Waals surface area contributed by atoms with Gasteiger partial charge in [-0.2, -0.15) is 4.98 Å². The molecule has 1 atom stereocenters. The summed E-state index contributed by atoms with van der Waals surface area (Å²) in [7, 11) is 0. The second-order valence-corrected chi connectivity index (χ2v) is 9.78. The normalized spacial score (nSPS) is 20.9. The Bertz CT molecular complexity index is 1010. The fourth-order valence-electron chi connectivity index (χ4n) is 4.01. The first kappa shape index (κ1) is 23.9. The number of nitrogen functional groups attached to an aromatic ring is 1. The van der Waals surface area contributed by atoms with Crippen LogP contribution in [-0.4, -0.2) is 93.1 Å². The number of rotatable bonds is 5. The first-order chi connectivity index (χ1) is 16.2. The molecule has 2 fully saturated rings. The highest BCUT2D eigenvalue weighted by Crippen LogP contribution is 2.29. The van der Waals surface area contributed by atoms with Crippen LogP contribution in [0.15, 0.2) is 18.5 Å². The van der Waals surface area contributed by atoms with Gasteiger partial charge in [0, 0.05) is 55.7 Å². The summed E-state index contributed by atoms with van der Waals surface area (Å²) >= 11 is 0. The van der Waals surface area contributed by atoms with E-state index in [0.29, 0.717) is 68.8 Å². The lowest BCUT2D eigenvalue weighted by Gasteiger charge is -2.31. The molecule has 5 N–H and O–H groups in total. The van der Waals surface area contributed by atoms with Crippen molar-refractivity contribution in [2.75, 3.05) is 62.0 Å². The molecule has 0 spiro atoms. The fourth-order valence-corrected chi connectivity index (χ4v) is 4.01. The van der Waals surface area contributed by atoms with Gasteiger partial charge in [0.1, 0.15) is 5.82 Å². The quantitative estimate of drug-likeness (QED) is 0.490. The van der Waals surface area contributed by atoms with Crippen LogP contribution in [0.4, 0.5) is 22.5 Å². The number of nitrogens with one attached hydrogen (secondary N) is 2. The number of aliphatic hydroxyl groups is 1. The number of anilines is 3. The molecule has 2 aliphatic rings. The molecule has 2 aliphatic heterocycles. The highest BCUT2D eigenvalue weighted by molar-refractivity contribution is 5.75. The van der Waals surface area contributed by atoms with Crippen molar-refractivity contribution in [1.29, 1.82) is 0 Å². The molecule has 0 unspecified atom stereocenters. The SMILES string of the molecule is CC(C)(C)NC(=O)N1CC[C@](CO)(Nc2cc(-c3cnc(N)nc3)nc(N3CCOCC3)n2)C1. The Kier molecular flexibility index (Phi) is 6.71. The summed E-state index contributed by atoms with van der Waals surface area (Å²) in [5, 5.41) is 16.7. The van der Waals surface area contributed by atoms with Crippen molar-refractivity contribution in [3.05, 3.63) is 18.5 Å². The second kappa shape index (κ2) is 9.55. The minimum atomic E-state index is -0.721. The number of morpholine rings is 1. The van der Waals surface area contributed by atoms with Crippen LogP contribution in [0.25, 0.3) is 11.3 Å². The van der Waals surface area contributed by atoms with Crippen molar-refractivity contribution in [2.45, 2.75) is 38.3 Å². The number of nitrogens with zero attached hydrogens (tertiary/aromatic N) is 6. The lowest BCUT2D eigenvalue weighted by molar-refractivity contribution is 0.122. The largest absolute Gasteiger partial charge is 0.394 e. The molecule has 2 aromatic heterocycles. The molecule has 0 radical (unpaired) electrons. The zero-order valence-electron chi connectivity index (χ0n) is 19.9. The molecule has 0 saturated carbocycles. The molecular weight excluding hydrogens is 438 g/mol. The first-order valence-corrected chi connectivity index (χ1v) is 11.4. The monoisotopic (exact) mass is 471 g/mol. The molecule has 12 nitrogen and oxygen atoms in total. The van der Waals surface area contributed by atoms with Gasteiger partial charge in [-0.1, -0.05) is 0 Å². The van der Waals surface area contributed by atoms with Crippen LogP contribution >= 0.6 is 0 Å². The molecule has 2 aromatic rings. The molecule has 4 heterocycles. The molecule has 2 saturated heterocycles. The van der Waals surface area contributed by atoms with Gasteiger partial charge < -0.3 is 36.0 Å². The molecule has 0 bridgehead atoms. The lowest BCUT2D eigenvalue weighted by atomic mass is 10.00. The van der Waals surface area contributed by atoms with Crippen LogP contribution < -0.4 is 21.3 Å². The number of carbonyl (C=O) groups excluding carboxylic acids is 1. The number of aliphatic hydroxyl groups excluding tert-OH is 1. The highest BCUT2D eigenvalue weighted by Gasteiger charge is 2.40. The number of likely N-dealkylation sites (tertiary alicyclic amines) is 1. The number of urea groups is 1. The van der Waals surface area contributed by atoms with E-state index < -0.39 is 5.54 Å². The molecule has 184 valence electrons. The number of nitrogens with two attached hydrogens (primary N) is 1. The maximum absolute atomic E-state index is 12.7. The lowest BCUT2D eigenvalue weighted by Crippen LogP contribution is -2.51. The summed E-state index contributed by atoms with van der Waals surface area (Å²) in [5.41, 5.74) is 5.91. The molecule has 0 aliphatic carbocycles. The van der Waals surface area contributed by atoms with Crippen molar-refractivity contribution in [2.24, 2.45) is 0 Å². The third kappa shape index (κ3) is 5.62. The van der Waals surface area contributed by atoms with E-state index >= 15 is 0 Å². The maximum atomic E-state index is 12.7.